The van der Waals surface area contributed by atoms with Crippen LogP contribution >= 0.6 is 0 Å². The molecule has 3 rings (SSSR count). The number of fused-ring (bicyclic) bond motifs is 1. The van der Waals surface area contributed by atoms with Crippen LogP contribution in [0.25, 0.3) is 10.8 Å². The maximum absolute atomic E-state index is 12.4. The average molecular weight is 326 g/mol. The van der Waals surface area contributed by atoms with E-state index >= 15 is 0 Å². The Morgan fingerprint density at radius 1 is 0.917 bits per heavy atom. The van der Waals surface area contributed by atoms with Crippen molar-refractivity contribution in [1.29, 1.82) is 0 Å². The predicted molar refractivity (Wildman–Crippen MR) is 88.6 cm³/mol. The number of rotatable bonds is 3. The Hall–Kier alpha value is -2.89. The summed E-state index contributed by atoms with van der Waals surface area (Å²) in [6.07, 6.45) is 0.240. The van der Waals surface area contributed by atoms with E-state index in [2.05, 4.69) is 0 Å². The van der Waals surface area contributed by atoms with Gasteiger partial charge in [0.15, 0.2) is 0 Å². The minimum Gasteiger partial charge on any atom is -0.496 e. The zero-order valence-electron chi connectivity index (χ0n) is 13.8. The number of barbiturate groups is 1. The lowest BCUT2D eigenvalue weighted by Gasteiger charge is -2.33. The highest BCUT2D eigenvalue weighted by Crippen LogP contribution is 2.31. The number of ether oxygens (including phenoxy) is 1. The van der Waals surface area contributed by atoms with Crippen molar-refractivity contribution in [3.8, 4) is 5.75 Å². The molecule has 1 heterocycles. The zero-order chi connectivity index (χ0) is 17.4. The molecule has 4 amide bonds. The van der Waals surface area contributed by atoms with Crippen molar-refractivity contribution in [2.45, 2.75) is 6.42 Å². The second-order valence-corrected chi connectivity index (χ2v) is 5.81. The third-order valence-electron chi connectivity index (χ3n) is 4.45. The van der Waals surface area contributed by atoms with Crippen LogP contribution in [0.3, 0.4) is 0 Å². The lowest BCUT2D eigenvalue weighted by molar-refractivity contribution is -0.147. The van der Waals surface area contributed by atoms with Crippen LogP contribution in [0, 0.1) is 5.92 Å². The summed E-state index contributed by atoms with van der Waals surface area (Å²) in [5.74, 6) is -1.10. The van der Waals surface area contributed by atoms with Gasteiger partial charge in [-0.2, -0.15) is 0 Å². The predicted octanol–water partition coefficient (Wildman–Crippen LogP) is 2.06. The van der Waals surface area contributed by atoms with Gasteiger partial charge < -0.3 is 4.74 Å². The Kier molecular flexibility index (Phi) is 3.97. The van der Waals surface area contributed by atoms with Crippen LogP contribution < -0.4 is 4.74 Å². The van der Waals surface area contributed by atoms with Crippen LogP contribution in [-0.4, -0.2) is 48.9 Å². The van der Waals surface area contributed by atoms with Gasteiger partial charge in [-0.15, -0.1) is 0 Å². The van der Waals surface area contributed by atoms with Gasteiger partial charge in [0, 0.05) is 19.5 Å². The first-order valence-corrected chi connectivity index (χ1v) is 7.59. The summed E-state index contributed by atoms with van der Waals surface area (Å²) in [6, 6.07) is 10.8. The molecule has 0 spiro atoms. The van der Waals surface area contributed by atoms with Crippen molar-refractivity contribution in [2.24, 2.45) is 5.92 Å². The van der Waals surface area contributed by atoms with E-state index in [9.17, 15) is 14.4 Å². The first kappa shape index (κ1) is 16.0. The number of carbonyl (C=O) groups is 3. The molecule has 0 bridgehead atoms. The molecular formula is C18H18N2O4. The zero-order valence-corrected chi connectivity index (χ0v) is 13.8. The van der Waals surface area contributed by atoms with E-state index in [1.54, 1.807) is 7.11 Å². The largest absolute Gasteiger partial charge is 0.496 e. The van der Waals surface area contributed by atoms with Gasteiger partial charge in [-0.25, -0.2) is 4.79 Å². The van der Waals surface area contributed by atoms with Crippen LogP contribution in [0.4, 0.5) is 4.79 Å². The number of nitrogens with zero attached hydrogens (tertiary/aromatic N) is 2. The molecule has 0 aromatic heterocycles. The molecule has 0 aliphatic carbocycles. The van der Waals surface area contributed by atoms with Crippen LogP contribution in [0.5, 0.6) is 5.75 Å². The molecule has 1 fully saturated rings. The smallest absolute Gasteiger partial charge is 0.332 e. The third-order valence-corrected chi connectivity index (χ3v) is 4.45. The van der Waals surface area contributed by atoms with Crippen molar-refractivity contribution in [3.05, 3.63) is 42.0 Å². The second kappa shape index (κ2) is 5.96. The van der Waals surface area contributed by atoms with Gasteiger partial charge >= 0.3 is 6.03 Å². The molecule has 1 saturated heterocycles. The summed E-state index contributed by atoms with van der Waals surface area (Å²) in [6.45, 7) is 0. The highest BCUT2D eigenvalue weighted by Gasteiger charge is 2.42. The highest BCUT2D eigenvalue weighted by molar-refractivity contribution is 6.16. The molecule has 0 saturated carbocycles. The van der Waals surface area contributed by atoms with Crippen LogP contribution in [0.15, 0.2) is 36.4 Å². The third kappa shape index (κ3) is 2.40. The number of hydrogen-bond donors (Lipinski definition) is 0. The first-order valence-electron chi connectivity index (χ1n) is 7.59. The second-order valence-electron chi connectivity index (χ2n) is 5.81. The molecule has 2 aromatic rings. The monoisotopic (exact) mass is 326 g/mol. The van der Waals surface area contributed by atoms with E-state index in [1.165, 1.54) is 14.1 Å². The Balaban J connectivity index is 2.02. The number of benzene rings is 2. The molecule has 124 valence electrons. The van der Waals surface area contributed by atoms with E-state index in [0.29, 0.717) is 0 Å². The number of imide groups is 2. The van der Waals surface area contributed by atoms with Gasteiger partial charge in [0.25, 0.3) is 0 Å². The highest BCUT2D eigenvalue weighted by atomic mass is 16.5. The molecule has 0 radical (unpaired) electrons. The van der Waals surface area contributed by atoms with E-state index < -0.39 is 23.8 Å². The molecular weight excluding hydrogens is 308 g/mol. The molecule has 0 N–H and O–H groups in total. The van der Waals surface area contributed by atoms with Gasteiger partial charge in [-0.1, -0.05) is 30.3 Å². The normalized spacial score (nSPS) is 16.2. The van der Waals surface area contributed by atoms with Crippen LogP contribution in [0.2, 0.25) is 0 Å². The maximum Gasteiger partial charge on any atom is 0.332 e. The quantitative estimate of drug-likeness (QED) is 0.810. The van der Waals surface area contributed by atoms with Gasteiger partial charge in [-0.3, -0.25) is 19.4 Å². The minimum atomic E-state index is -0.894. The lowest BCUT2D eigenvalue weighted by Crippen LogP contribution is -2.57. The van der Waals surface area contributed by atoms with Crippen molar-refractivity contribution in [1.82, 2.24) is 9.80 Å². The van der Waals surface area contributed by atoms with Gasteiger partial charge in [0.1, 0.15) is 11.7 Å². The molecule has 24 heavy (non-hydrogen) atoms. The number of urea groups is 1. The average Bonchev–Trinajstić information content (AvgIpc) is 2.62. The fourth-order valence-electron chi connectivity index (χ4n) is 3.07. The van der Waals surface area contributed by atoms with Crippen LogP contribution in [0.1, 0.15) is 5.56 Å². The summed E-state index contributed by atoms with van der Waals surface area (Å²) in [4.78, 5) is 38.6. The van der Waals surface area contributed by atoms with E-state index in [1.807, 2.05) is 36.4 Å². The van der Waals surface area contributed by atoms with Gasteiger partial charge in [0.2, 0.25) is 11.8 Å². The summed E-state index contributed by atoms with van der Waals surface area (Å²) >= 11 is 0. The Morgan fingerprint density at radius 3 is 2.08 bits per heavy atom. The maximum atomic E-state index is 12.4. The Morgan fingerprint density at radius 2 is 1.50 bits per heavy atom. The Labute approximate surface area is 139 Å². The lowest BCUT2D eigenvalue weighted by atomic mass is 9.91. The molecule has 1 aliphatic heterocycles. The first-order chi connectivity index (χ1) is 11.5. The van der Waals surface area contributed by atoms with Crippen molar-refractivity contribution in [2.75, 3.05) is 21.2 Å². The fourth-order valence-corrected chi connectivity index (χ4v) is 3.07. The summed E-state index contributed by atoms with van der Waals surface area (Å²) < 4.78 is 5.37. The molecule has 0 atom stereocenters. The van der Waals surface area contributed by atoms with E-state index in [-0.39, 0.29) is 6.42 Å². The van der Waals surface area contributed by atoms with Gasteiger partial charge in [-0.05, 0) is 23.4 Å². The topological polar surface area (TPSA) is 66.9 Å². The fraction of sp³-hybridized carbons (Fsp3) is 0.278. The molecule has 2 aromatic carbocycles. The van der Waals surface area contributed by atoms with Crippen molar-refractivity contribution < 1.29 is 19.1 Å². The summed E-state index contributed by atoms with van der Waals surface area (Å²) in [5, 5.41) is 1.85. The SMILES string of the molecule is COc1ccc(CC2C(=O)N(C)C(=O)N(C)C2=O)c2ccccc12. The van der Waals surface area contributed by atoms with Crippen molar-refractivity contribution in [3.63, 3.8) is 0 Å². The van der Waals surface area contributed by atoms with Gasteiger partial charge in [0.05, 0.1) is 7.11 Å². The van der Waals surface area contributed by atoms with E-state index in [0.717, 1.165) is 31.9 Å². The standard InChI is InChI=1S/C18H18N2O4/c1-19-16(21)14(17(22)20(2)18(19)23)10-11-8-9-15(24-3)13-7-5-4-6-12(11)13/h4-9,14H,10H2,1-3H3. The molecule has 1 aliphatic rings. The number of methoxy groups -OCH3 is 1. The summed E-state index contributed by atoms with van der Waals surface area (Å²) in [5.41, 5.74) is 0.870. The minimum absolute atomic E-state index is 0.240. The Bertz CT molecular complexity index is 822. The van der Waals surface area contributed by atoms with Crippen molar-refractivity contribution >= 4 is 28.6 Å². The molecule has 0 unspecified atom stereocenters. The van der Waals surface area contributed by atoms with Crippen LogP contribution in [-0.2, 0) is 16.0 Å². The molecule has 6 nitrogen and oxygen atoms in total. The van der Waals surface area contributed by atoms with E-state index in [4.69, 9.17) is 4.74 Å². The molecule has 6 heteroatoms. The number of carbonyl (C=O) groups excluding carboxylic acids is 3. The number of hydrogen-bond acceptors (Lipinski definition) is 4. The summed E-state index contributed by atoms with van der Waals surface area (Å²) in [7, 11) is 4.39. The number of amides is 4.